The summed E-state index contributed by atoms with van der Waals surface area (Å²) in [6, 6.07) is 8.14. The number of aryl methyl sites for hydroxylation is 1. The van der Waals surface area contributed by atoms with Crippen LogP contribution in [0, 0.1) is 6.92 Å². The molecule has 0 bridgehead atoms. The molecule has 0 amide bonds. The van der Waals surface area contributed by atoms with Crippen molar-refractivity contribution in [1.29, 1.82) is 0 Å². The minimum absolute atomic E-state index is 0.695. The van der Waals surface area contributed by atoms with Gasteiger partial charge in [0, 0.05) is 39.8 Å². The zero-order valence-corrected chi connectivity index (χ0v) is 14.9. The van der Waals surface area contributed by atoms with E-state index in [1.807, 2.05) is 12.1 Å². The van der Waals surface area contributed by atoms with E-state index in [1.54, 1.807) is 7.05 Å². The number of morpholine rings is 1. The van der Waals surface area contributed by atoms with Crippen molar-refractivity contribution in [3.63, 3.8) is 0 Å². The van der Waals surface area contributed by atoms with E-state index in [1.165, 1.54) is 5.56 Å². The molecule has 0 atom stereocenters. The zero-order chi connectivity index (χ0) is 17.0. The Balaban J connectivity index is 1.52. The van der Waals surface area contributed by atoms with E-state index in [0.717, 1.165) is 64.1 Å². The Labute approximate surface area is 145 Å². The topological polar surface area (TPSA) is 58.1 Å². The van der Waals surface area contributed by atoms with E-state index < -0.39 is 0 Å². The quantitative estimate of drug-likeness (QED) is 0.426. The molecule has 0 aliphatic carbocycles. The summed E-state index contributed by atoms with van der Waals surface area (Å²) in [4.78, 5) is 6.65. The molecule has 2 rings (SSSR count). The highest BCUT2D eigenvalue weighted by Gasteiger charge is 2.09. The van der Waals surface area contributed by atoms with E-state index in [4.69, 9.17) is 9.47 Å². The van der Waals surface area contributed by atoms with Crippen molar-refractivity contribution in [2.24, 2.45) is 4.99 Å². The molecule has 2 N–H and O–H groups in total. The monoisotopic (exact) mass is 334 g/mol. The van der Waals surface area contributed by atoms with Crippen molar-refractivity contribution in [3.05, 3.63) is 29.8 Å². The van der Waals surface area contributed by atoms with Gasteiger partial charge in [-0.3, -0.25) is 9.89 Å². The summed E-state index contributed by atoms with van der Waals surface area (Å²) >= 11 is 0. The maximum atomic E-state index is 5.72. The van der Waals surface area contributed by atoms with Crippen LogP contribution in [0.1, 0.15) is 12.0 Å². The maximum Gasteiger partial charge on any atom is 0.191 e. The van der Waals surface area contributed by atoms with Crippen LogP contribution >= 0.6 is 0 Å². The van der Waals surface area contributed by atoms with E-state index >= 15 is 0 Å². The second kappa shape index (κ2) is 10.9. The van der Waals surface area contributed by atoms with Gasteiger partial charge >= 0.3 is 0 Å². The Morgan fingerprint density at radius 3 is 2.58 bits per heavy atom. The van der Waals surface area contributed by atoms with Crippen LogP contribution in [-0.4, -0.2) is 70.5 Å². The molecular formula is C18H30N4O2. The van der Waals surface area contributed by atoms with Gasteiger partial charge in [0.1, 0.15) is 5.75 Å². The number of hydrogen-bond donors (Lipinski definition) is 2. The van der Waals surface area contributed by atoms with Gasteiger partial charge < -0.3 is 20.1 Å². The van der Waals surface area contributed by atoms with Crippen LogP contribution < -0.4 is 15.4 Å². The van der Waals surface area contributed by atoms with Crippen LogP contribution in [0.4, 0.5) is 0 Å². The summed E-state index contributed by atoms with van der Waals surface area (Å²) in [5.74, 6) is 1.77. The van der Waals surface area contributed by atoms with E-state index in [-0.39, 0.29) is 0 Å². The Morgan fingerprint density at radius 2 is 1.88 bits per heavy atom. The van der Waals surface area contributed by atoms with E-state index in [2.05, 4.69) is 39.6 Å². The number of ether oxygens (including phenoxy) is 2. The molecule has 134 valence electrons. The van der Waals surface area contributed by atoms with Crippen LogP contribution in [0.5, 0.6) is 5.75 Å². The molecule has 1 aromatic carbocycles. The number of guanidine groups is 1. The van der Waals surface area contributed by atoms with E-state index in [0.29, 0.717) is 6.61 Å². The number of benzene rings is 1. The van der Waals surface area contributed by atoms with Crippen LogP contribution in [0.25, 0.3) is 0 Å². The Morgan fingerprint density at radius 1 is 1.17 bits per heavy atom. The molecule has 0 radical (unpaired) electrons. The summed E-state index contributed by atoms with van der Waals surface area (Å²) in [6.45, 7) is 9.23. The fraction of sp³-hybridized carbons (Fsp3) is 0.611. The highest BCUT2D eigenvalue weighted by molar-refractivity contribution is 5.79. The van der Waals surface area contributed by atoms with Gasteiger partial charge in [0.15, 0.2) is 5.96 Å². The summed E-state index contributed by atoms with van der Waals surface area (Å²) in [5, 5.41) is 6.67. The molecule has 1 aromatic rings. The molecule has 1 fully saturated rings. The molecular weight excluding hydrogens is 304 g/mol. The van der Waals surface area contributed by atoms with Gasteiger partial charge in [0.05, 0.1) is 19.8 Å². The van der Waals surface area contributed by atoms with Gasteiger partial charge in [-0.1, -0.05) is 17.7 Å². The van der Waals surface area contributed by atoms with Crippen molar-refractivity contribution in [1.82, 2.24) is 15.5 Å². The minimum atomic E-state index is 0.695. The summed E-state index contributed by atoms with van der Waals surface area (Å²) in [5.41, 5.74) is 1.25. The van der Waals surface area contributed by atoms with Crippen molar-refractivity contribution in [2.75, 3.05) is 59.6 Å². The first-order valence-electron chi connectivity index (χ1n) is 8.72. The van der Waals surface area contributed by atoms with Gasteiger partial charge in [0.2, 0.25) is 0 Å². The average molecular weight is 334 g/mol. The van der Waals surface area contributed by atoms with E-state index in [9.17, 15) is 0 Å². The minimum Gasteiger partial charge on any atom is -0.494 e. The Bertz CT molecular complexity index is 484. The molecule has 24 heavy (non-hydrogen) atoms. The largest absolute Gasteiger partial charge is 0.494 e. The van der Waals surface area contributed by atoms with Crippen LogP contribution in [0.3, 0.4) is 0 Å². The van der Waals surface area contributed by atoms with Crippen LogP contribution in [0.2, 0.25) is 0 Å². The van der Waals surface area contributed by atoms with Crippen LogP contribution in [-0.2, 0) is 4.74 Å². The zero-order valence-electron chi connectivity index (χ0n) is 14.9. The number of aliphatic imine (C=N–C) groups is 1. The first-order chi connectivity index (χ1) is 11.8. The SMILES string of the molecule is CN=C(NCCCOc1ccc(C)cc1)NCCN1CCOCC1. The first kappa shape index (κ1) is 18.5. The third kappa shape index (κ3) is 7.19. The normalized spacial score (nSPS) is 16.0. The number of hydrogen-bond acceptors (Lipinski definition) is 4. The van der Waals surface area contributed by atoms with Crippen molar-refractivity contribution >= 4 is 5.96 Å². The van der Waals surface area contributed by atoms with Gasteiger partial charge in [-0.05, 0) is 25.5 Å². The number of rotatable bonds is 8. The Kier molecular flexibility index (Phi) is 8.41. The second-order valence-corrected chi connectivity index (χ2v) is 5.89. The van der Waals surface area contributed by atoms with Crippen molar-refractivity contribution < 1.29 is 9.47 Å². The molecule has 6 nitrogen and oxygen atoms in total. The van der Waals surface area contributed by atoms with Crippen LogP contribution in [0.15, 0.2) is 29.3 Å². The summed E-state index contributed by atoms with van der Waals surface area (Å²) < 4.78 is 11.1. The van der Waals surface area contributed by atoms with Crippen molar-refractivity contribution in [2.45, 2.75) is 13.3 Å². The molecule has 0 spiro atoms. The first-order valence-corrected chi connectivity index (χ1v) is 8.72. The lowest BCUT2D eigenvalue weighted by atomic mass is 10.2. The molecule has 1 aliphatic rings. The lowest BCUT2D eigenvalue weighted by Gasteiger charge is -2.26. The fourth-order valence-corrected chi connectivity index (χ4v) is 2.48. The molecule has 1 saturated heterocycles. The highest BCUT2D eigenvalue weighted by atomic mass is 16.5. The maximum absolute atomic E-state index is 5.72. The lowest BCUT2D eigenvalue weighted by Crippen LogP contribution is -2.44. The lowest BCUT2D eigenvalue weighted by molar-refractivity contribution is 0.0389. The summed E-state index contributed by atoms with van der Waals surface area (Å²) in [7, 11) is 1.80. The number of nitrogens with zero attached hydrogens (tertiary/aromatic N) is 2. The highest BCUT2D eigenvalue weighted by Crippen LogP contribution is 2.11. The van der Waals surface area contributed by atoms with Gasteiger partial charge in [-0.2, -0.15) is 0 Å². The molecule has 0 aromatic heterocycles. The average Bonchev–Trinajstić information content (AvgIpc) is 2.62. The predicted octanol–water partition coefficient (Wildman–Crippen LogP) is 1.26. The predicted molar refractivity (Wildman–Crippen MR) is 97.9 cm³/mol. The van der Waals surface area contributed by atoms with Gasteiger partial charge in [-0.15, -0.1) is 0 Å². The molecule has 6 heteroatoms. The van der Waals surface area contributed by atoms with Gasteiger partial charge in [-0.25, -0.2) is 0 Å². The second-order valence-electron chi connectivity index (χ2n) is 5.89. The molecule has 0 saturated carbocycles. The third-order valence-electron chi connectivity index (χ3n) is 3.95. The fourth-order valence-electron chi connectivity index (χ4n) is 2.48. The smallest absolute Gasteiger partial charge is 0.191 e. The third-order valence-corrected chi connectivity index (χ3v) is 3.95. The summed E-state index contributed by atoms with van der Waals surface area (Å²) in [6.07, 6.45) is 0.929. The Hall–Kier alpha value is -1.79. The number of nitrogens with one attached hydrogen (secondary N) is 2. The molecule has 1 aliphatic heterocycles. The molecule has 1 heterocycles. The standard InChI is InChI=1S/C18H30N4O2/c1-16-4-6-17(7-5-16)24-13-3-8-20-18(19-2)21-9-10-22-11-14-23-15-12-22/h4-7H,3,8-15H2,1-2H3,(H2,19,20,21). The van der Waals surface area contributed by atoms with Gasteiger partial charge in [0.25, 0.3) is 0 Å². The van der Waals surface area contributed by atoms with Crippen molar-refractivity contribution in [3.8, 4) is 5.75 Å². The molecule has 0 unspecified atom stereocenters.